The quantitative estimate of drug-likeness (QED) is 0.834. The molecule has 2 aromatic carbocycles. The highest BCUT2D eigenvalue weighted by atomic mass is 32.1. The van der Waals surface area contributed by atoms with Crippen LogP contribution in [-0.4, -0.2) is 4.99 Å². The van der Waals surface area contributed by atoms with E-state index in [1.807, 2.05) is 18.2 Å². The van der Waals surface area contributed by atoms with Crippen molar-refractivity contribution in [3.05, 3.63) is 64.7 Å². The molecule has 0 aromatic heterocycles. The second-order valence-electron chi connectivity index (χ2n) is 4.69. The SMILES string of the molecule is Cc1ccc(C(N)=S)c(NCc2ccccc2C)c1. The molecule has 0 unspecified atom stereocenters. The zero-order valence-electron chi connectivity index (χ0n) is 11.2. The van der Waals surface area contributed by atoms with Crippen LogP contribution in [0.15, 0.2) is 42.5 Å². The van der Waals surface area contributed by atoms with Crippen molar-refractivity contribution in [1.29, 1.82) is 0 Å². The Kier molecular flexibility index (Phi) is 4.17. The van der Waals surface area contributed by atoms with Crippen molar-refractivity contribution in [2.45, 2.75) is 20.4 Å². The average molecular weight is 270 g/mol. The molecule has 19 heavy (non-hydrogen) atoms. The Bertz CT molecular complexity index is 605. The molecule has 0 radical (unpaired) electrons. The van der Waals surface area contributed by atoms with Crippen molar-refractivity contribution in [2.75, 3.05) is 5.32 Å². The Hall–Kier alpha value is -1.87. The predicted octanol–water partition coefficient (Wildman–Crippen LogP) is 3.55. The van der Waals surface area contributed by atoms with Gasteiger partial charge < -0.3 is 11.1 Å². The second kappa shape index (κ2) is 5.85. The summed E-state index contributed by atoms with van der Waals surface area (Å²) < 4.78 is 0. The Morgan fingerprint density at radius 1 is 1.16 bits per heavy atom. The van der Waals surface area contributed by atoms with Crippen LogP contribution in [0.25, 0.3) is 0 Å². The molecule has 0 bridgehead atoms. The highest BCUT2D eigenvalue weighted by molar-refractivity contribution is 7.80. The van der Waals surface area contributed by atoms with Crippen LogP contribution in [0.5, 0.6) is 0 Å². The molecule has 0 saturated heterocycles. The third-order valence-electron chi connectivity index (χ3n) is 3.17. The lowest BCUT2D eigenvalue weighted by Crippen LogP contribution is -2.13. The summed E-state index contributed by atoms with van der Waals surface area (Å²) in [5.41, 5.74) is 11.4. The molecular weight excluding hydrogens is 252 g/mol. The number of rotatable bonds is 4. The fourth-order valence-corrected chi connectivity index (χ4v) is 2.20. The van der Waals surface area contributed by atoms with Crippen LogP contribution < -0.4 is 11.1 Å². The van der Waals surface area contributed by atoms with E-state index in [0.29, 0.717) is 4.99 Å². The molecule has 0 aliphatic carbocycles. The molecule has 0 spiro atoms. The van der Waals surface area contributed by atoms with Crippen molar-refractivity contribution in [1.82, 2.24) is 0 Å². The molecule has 2 nitrogen and oxygen atoms in total. The van der Waals surface area contributed by atoms with Gasteiger partial charge in [-0.2, -0.15) is 0 Å². The highest BCUT2D eigenvalue weighted by Gasteiger charge is 2.05. The third kappa shape index (κ3) is 3.32. The van der Waals surface area contributed by atoms with Gasteiger partial charge in [0.25, 0.3) is 0 Å². The summed E-state index contributed by atoms with van der Waals surface area (Å²) in [5.74, 6) is 0. The first-order chi connectivity index (χ1) is 9.08. The molecule has 2 rings (SSSR count). The van der Waals surface area contributed by atoms with E-state index in [1.54, 1.807) is 0 Å². The predicted molar refractivity (Wildman–Crippen MR) is 85.6 cm³/mol. The van der Waals surface area contributed by atoms with E-state index < -0.39 is 0 Å². The van der Waals surface area contributed by atoms with Crippen LogP contribution in [0.4, 0.5) is 5.69 Å². The fraction of sp³-hybridized carbons (Fsp3) is 0.188. The molecule has 0 atom stereocenters. The molecule has 0 heterocycles. The van der Waals surface area contributed by atoms with Crippen molar-refractivity contribution >= 4 is 22.9 Å². The van der Waals surface area contributed by atoms with Gasteiger partial charge >= 0.3 is 0 Å². The summed E-state index contributed by atoms with van der Waals surface area (Å²) in [5, 5.41) is 3.43. The van der Waals surface area contributed by atoms with Crippen LogP contribution in [0.1, 0.15) is 22.3 Å². The summed E-state index contributed by atoms with van der Waals surface area (Å²) in [6, 6.07) is 14.4. The van der Waals surface area contributed by atoms with E-state index in [9.17, 15) is 0 Å². The van der Waals surface area contributed by atoms with Crippen molar-refractivity contribution in [2.24, 2.45) is 5.73 Å². The number of thiocarbonyl (C=S) groups is 1. The zero-order chi connectivity index (χ0) is 13.8. The number of benzene rings is 2. The first-order valence-electron chi connectivity index (χ1n) is 6.27. The number of hydrogen-bond donors (Lipinski definition) is 2. The van der Waals surface area contributed by atoms with Gasteiger partial charge in [-0.15, -0.1) is 0 Å². The van der Waals surface area contributed by atoms with Gasteiger partial charge in [0.05, 0.1) is 0 Å². The normalized spacial score (nSPS) is 10.2. The number of nitrogens with two attached hydrogens (primary N) is 1. The van der Waals surface area contributed by atoms with Crippen LogP contribution in [0.2, 0.25) is 0 Å². The summed E-state index contributed by atoms with van der Waals surface area (Å²) in [4.78, 5) is 0.423. The minimum Gasteiger partial charge on any atom is -0.389 e. The lowest BCUT2D eigenvalue weighted by atomic mass is 10.1. The van der Waals surface area contributed by atoms with E-state index in [-0.39, 0.29) is 0 Å². The van der Waals surface area contributed by atoms with Gasteiger partial charge in [-0.3, -0.25) is 0 Å². The average Bonchev–Trinajstić information content (AvgIpc) is 2.37. The van der Waals surface area contributed by atoms with E-state index >= 15 is 0 Å². The maximum atomic E-state index is 5.75. The maximum absolute atomic E-state index is 5.75. The number of anilines is 1. The summed E-state index contributed by atoms with van der Waals surface area (Å²) in [6.45, 7) is 4.94. The fourth-order valence-electron chi connectivity index (χ4n) is 2.02. The first kappa shape index (κ1) is 13.6. The monoisotopic (exact) mass is 270 g/mol. The van der Waals surface area contributed by atoms with E-state index in [0.717, 1.165) is 17.8 Å². The highest BCUT2D eigenvalue weighted by Crippen LogP contribution is 2.19. The molecule has 0 aliphatic heterocycles. The van der Waals surface area contributed by atoms with Crippen LogP contribution in [0, 0.1) is 13.8 Å². The molecule has 2 aromatic rings. The molecular formula is C16H18N2S. The first-order valence-corrected chi connectivity index (χ1v) is 6.67. The van der Waals surface area contributed by atoms with Crippen molar-refractivity contribution in [3.8, 4) is 0 Å². The minimum absolute atomic E-state index is 0.423. The molecule has 0 fully saturated rings. The molecule has 0 saturated carbocycles. The largest absolute Gasteiger partial charge is 0.389 e. The Morgan fingerprint density at radius 2 is 1.89 bits per heavy atom. The molecule has 3 heteroatoms. The molecule has 0 amide bonds. The Labute approximate surface area is 119 Å². The summed E-state index contributed by atoms with van der Waals surface area (Å²) in [6.07, 6.45) is 0. The lowest BCUT2D eigenvalue weighted by molar-refractivity contribution is 1.12. The van der Waals surface area contributed by atoms with E-state index in [1.165, 1.54) is 16.7 Å². The van der Waals surface area contributed by atoms with Crippen LogP contribution >= 0.6 is 12.2 Å². The Balaban J connectivity index is 2.22. The third-order valence-corrected chi connectivity index (χ3v) is 3.39. The number of hydrogen-bond acceptors (Lipinski definition) is 2. The van der Waals surface area contributed by atoms with Gasteiger partial charge in [-0.1, -0.05) is 42.5 Å². The summed E-state index contributed by atoms with van der Waals surface area (Å²) in [7, 11) is 0. The van der Waals surface area contributed by atoms with Gasteiger partial charge in [-0.25, -0.2) is 0 Å². The second-order valence-corrected chi connectivity index (χ2v) is 5.13. The maximum Gasteiger partial charge on any atom is 0.106 e. The van der Waals surface area contributed by atoms with Gasteiger partial charge in [-0.05, 0) is 42.7 Å². The van der Waals surface area contributed by atoms with Crippen LogP contribution in [0.3, 0.4) is 0 Å². The van der Waals surface area contributed by atoms with Gasteiger partial charge in [0.2, 0.25) is 0 Å². The van der Waals surface area contributed by atoms with Gasteiger partial charge in [0, 0.05) is 17.8 Å². The minimum atomic E-state index is 0.423. The summed E-state index contributed by atoms with van der Waals surface area (Å²) >= 11 is 5.09. The Morgan fingerprint density at radius 3 is 2.58 bits per heavy atom. The lowest BCUT2D eigenvalue weighted by Gasteiger charge is -2.13. The molecule has 3 N–H and O–H groups in total. The standard InChI is InChI=1S/C16H18N2S/c1-11-7-8-14(16(17)19)15(9-11)18-10-13-6-4-3-5-12(13)2/h3-9,18H,10H2,1-2H3,(H2,17,19). The molecule has 98 valence electrons. The van der Waals surface area contributed by atoms with Crippen molar-refractivity contribution in [3.63, 3.8) is 0 Å². The molecule has 0 aliphatic rings. The number of aryl methyl sites for hydroxylation is 2. The van der Waals surface area contributed by atoms with Crippen molar-refractivity contribution < 1.29 is 0 Å². The van der Waals surface area contributed by atoms with Gasteiger partial charge in [0.15, 0.2) is 0 Å². The van der Waals surface area contributed by atoms with E-state index in [2.05, 4.69) is 43.4 Å². The number of nitrogens with one attached hydrogen (secondary N) is 1. The van der Waals surface area contributed by atoms with Crippen LogP contribution in [-0.2, 0) is 6.54 Å². The van der Waals surface area contributed by atoms with Gasteiger partial charge in [0.1, 0.15) is 4.99 Å². The zero-order valence-corrected chi connectivity index (χ0v) is 12.1. The smallest absolute Gasteiger partial charge is 0.106 e. The topological polar surface area (TPSA) is 38.0 Å². The van der Waals surface area contributed by atoms with E-state index in [4.69, 9.17) is 18.0 Å².